The second-order valence-corrected chi connectivity index (χ2v) is 6.51. The summed E-state index contributed by atoms with van der Waals surface area (Å²) in [5.74, 6) is 1.31. The van der Waals surface area contributed by atoms with Crippen LogP contribution in [0.2, 0.25) is 0 Å². The van der Waals surface area contributed by atoms with Gasteiger partial charge in [0.15, 0.2) is 5.82 Å². The second-order valence-electron chi connectivity index (χ2n) is 4.80. The van der Waals surface area contributed by atoms with Gasteiger partial charge in [-0.2, -0.15) is 9.71 Å². The Bertz CT molecular complexity index is 695. The number of sulfonamides is 1. The van der Waals surface area contributed by atoms with E-state index in [4.69, 9.17) is 4.52 Å². The van der Waals surface area contributed by atoms with Crippen LogP contribution in [0.4, 0.5) is 0 Å². The van der Waals surface area contributed by atoms with Gasteiger partial charge in [0.25, 0.3) is 0 Å². The van der Waals surface area contributed by atoms with Crippen molar-refractivity contribution < 1.29 is 12.9 Å². The minimum atomic E-state index is -3.64. The second kappa shape index (κ2) is 4.95. The van der Waals surface area contributed by atoms with Crippen molar-refractivity contribution in [2.75, 3.05) is 0 Å². The third-order valence-corrected chi connectivity index (χ3v) is 4.57. The highest BCUT2D eigenvalue weighted by atomic mass is 32.2. The lowest BCUT2D eigenvalue weighted by molar-refractivity contribution is 0.349. The predicted molar refractivity (Wildman–Crippen MR) is 69.2 cm³/mol. The van der Waals surface area contributed by atoms with Gasteiger partial charge >= 0.3 is 0 Å². The third kappa shape index (κ3) is 2.70. The fourth-order valence-corrected chi connectivity index (χ4v) is 2.95. The Labute approximate surface area is 116 Å². The Morgan fingerprint density at radius 3 is 2.90 bits per heavy atom. The molecule has 1 fully saturated rings. The molecule has 106 valence electrons. The van der Waals surface area contributed by atoms with E-state index in [2.05, 4.69) is 19.8 Å². The highest BCUT2D eigenvalue weighted by molar-refractivity contribution is 7.89. The summed E-state index contributed by atoms with van der Waals surface area (Å²) in [5.41, 5.74) is 0. The maximum Gasteiger partial charge on any atom is 0.244 e. The average molecular weight is 294 g/mol. The van der Waals surface area contributed by atoms with Crippen molar-refractivity contribution in [3.8, 4) is 0 Å². The summed E-state index contributed by atoms with van der Waals surface area (Å²) >= 11 is 0. The van der Waals surface area contributed by atoms with Crippen LogP contribution in [0.15, 0.2) is 33.9 Å². The summed E-state index contributed by atoms with van der Waals surface area (Å²) in [6.07, 6.45) is 4.93. The Kier molecular flexibility index (Phi) is 3.27. The molecule has 0 amide bonds. The van der Waals surface area contributed by atoms with Crippen molar-refractivity contribution in [3.63, 3.8) is 0 Å². The van der Waals surface area contributed by atoms with Gasteiger partial charge in [-0.05, 0) is 31.9 Å². The summed E-state index contributed by atoms with van der Waals surface area (Å²) < 4.78 is 31.9. The lowest BCUT2D eigenvalue weighted by Gasteiger charge is -2.09. The minimum Gasteiger partial charge on any atom is -0.338 e. The number of pyridine rings is 1. The lowest BCUT2D eigenvalue weighted by atomic mass is 10.3. The van der Waals surface area contributed by atoms with Crippen LogP contribution in [0.3, 0.4) is 0 Å². The van der Waals surface area contributed by atoms with Crippen molar-refractivity contribution >= 4 is 10.0 Å². The molecule has 7 nitrogen and oxygen atoms in total. The van der Waals surface area contributed by atoms with E-state index in [-0.39, 0.29) is 10.8 Å². The predicted octanol–water partition coefficient (Wildman–Crippen LogP) is 1.38. The molecule has 2 heterocycles. The van der Waals surface area contributed by atoms with Crippen LogP contribution in [0, 0.1) is 0 Å². The first-order valence-electron chi connectivity index (χ1n) is 6.32. The van der Waals surface area contributed by atoms with Crippen LogP contribution < -0.4 is 4.72 Å². The molecule has 1 aliphatic carbocycles. The van der Waals surface area contributed by atoms with Gasteiger partial charge < -0.3 is 4.52 Å². The third-order valence-electron chi connectivity index (χ3n) is 3.05. The largest absolute Gasteiger partial charge is 0.338 e. The maximum absolute atomic E-state index is 12.1. The average Bonchev–Trinajstić information content (AvgIpc) is 3.17. The molecule has 20 heavy (non-hydrogen) atoms. The zero-order valence-corrected chi connectivity index (χ0v) is 11.7. The van der Waals surface area contributed by atoms with E-state index in [1.165, 1.54) is 18.5 Å². The monoisotopic (exact) mass is 294 g/mol. The Hall–Kier alpha value is -1.80. The minimum absolute atomic E-state index is 0.105. The molecule has 1 N–H and O–H groups in total. The van der Waals surface area contributed by atoms with E-state index in [1.54, 1.807) is 13.0 Å². The van der Waals surface area contributed by atoms with Gasteiger partial charge in [0.1, 0.15) is 4.90 Å². The molecule has 1 aliphatic rings. The molecule has 3 rings (SSSR count). The van der Waals surface area contributed by atoms with Gasteiger partial charge in [-0.1, -0.05) is 5.16 Å². The van der Waals surface area contributed by atoms with Gasteiger partial charge in [-0.15, -0.1) is 0 Å². The van der Waals surface area contributed by atoms with E-state index in [1.807, 2.05) is 0 Å². The summed E-state index contributed by atoms with van der Waals surface area (Å²) in [4.78, 5) is 8.13. The van der Waals surface area contributed by atoms with Gasteiger partial charge in [-0.3, -0.25) is 4.98 Å². The number of rotatable bonds is 5. The smallest absolute Gasteiger partial charge is 0.244 e. The molecular weight excluding hydrogens is 280 g/mol. The first kappa shape index (κ1) is 13.2. The van der Waals surface area contributed by atoms with Crippen molar-refractivity contribution in [1.29, 1.82) is 0 Å². The summed E-state index contributed by atoms with van der Waals surface area (Å²) in [6.45, 7) is 1.66. The number of nitrogens with zero attached hydrogens (tertiary/aromatic N) is 3. The molecule has 1 saturated carbocycles. The van der Waals surface area contributed by atoms with Crippen molar-refractivity contribution in [2.24, 2.45) is 0 Å². The Balaban J connectivity index is 1.75. The van der Waals surface area contributed by atoms with Gasteiger partial charge in [0.2, 0.25) is 15.9 Å². The number of hydrogen-bond donors (Lipinski definition) is 1. The number of hydrogen-bond acceptors (Lipinski definition) is 6. The molecule has 0 saturated heterocycles. The standard InChI is InChI=1S/C12H14N4O3S/c1-8(12-14-11(15-19-12)9-4-5-9)16-20(17,18)10-3-2-6-13-7-10/h2-3,6-9,16H,4-5H2,1H3/t8-/m0/s1. The number of nitrogens with one attached hydrogen (secondary N) is 1. The zero-order chi connectivity index (χ0) is 14.2. The Morgan fingerprint density at radius 2 is 2.25 bits per heavy atom. The Morgan fingerprint density at radius 1 is 1.45 bits per heavy atom. The summed E-state index contributed by atoms with van der Waals surface area (Å²) in [5, 5.41) is 3.87. The molecule has 0 radical (unpaired) electrons. The maximum atomic E-state index is 12.1. The molecule has 2 aromatic heterocycles. The molecule has 0 aliphatic heterocycles. The summed E-state index contributed by atoms with van der Waals surface area (Å²) in [6, 6.07) is 2.46. The fraction of sp³-hybridized carbons (Fsp3) is 0.417. The van der Waals surface area contributed by atoms with Crippen LogP contribution >= 0.6 is 0 Å². The van der Waals surface area contributed by atoms with Crippen LogP contribution in [-0.4, -0.2) is 23.5 Å². The first-order valence-corrected chi connectivity index (χ1v) is 7.80. The van der Waals surface area contributed by atoms with Gasteiger partial charge in [0.05, 0.1) is 6.04 Å². The molecule has 8 heteroatoms. The zero-order valence-electron chi connectivity index (χ0n) is 10.9. The van der Waals surface area contributed by atoms with Crippen molar-refractivity contribution in [2.45, 2.75) is 36.6 Å². The summed E-state index contributed by atoms with van der Waals surface area (Å²) in [7, 11) is -3.64. The highest BCUT2D eigenvalue weighted by Crippen LogP contribution is 2.38. The molecule has 2 aromatic rings. The molecule has 0 bridgehead atoms. The highest BCUT2D eigenvalue weighted by Gasteiger charge is 2.30. The quantitative estimate of drug-likeness (QED) is 0.894. The lowest BCUT2D eigenvalue weighted by Crippen LogP contribution is -2.27. The molecule has 0 unspecified atom stereocenters. The normalized spacial score (nSPS) is 17.1. The molecule has 0 aromatic carbocycles. The van der Waals surface area contributed by atoms with Crippen molar-refractivity contribution in [1.82, 2.24) is 19.8 Å². The van der Waals surface area contributed by atoms with E-state index in [0.717, 1.165) is 12.8 Å². The molecular formula is C12H14N4O3S. The van der Waals surface area contributed by atoms with Crippen LogP contribution in [0.25, 0.3) is 0 Å². The van der Waals surface area contributed by atoms with E-state index < -0.39 is 16.1 Å². The van der Waals surface area contributed by atoms with Gasteiger partial charge in [-0.25, -0.2) is 8.42 Å². The number of aromatic nitrogens is 3. The topological polar surface area (TPSA) is 98.0 Å². The van der Waals surface area contributed by atoms with Crippen LogP contribution in [0.5, 0.6) is 0 Å². The van der Waals surface area contributed by atoms with Gasteiger partial charge in [0, 0.05) is 18.3 Å². The first-order chi connectivity index (χ1) is 9.56. The van der Waals surface area contributed by atoms with E-state index >= 15 is 0 Å². The van der Waals surface area contributed by atoms with Crippen molar-refractivity contribution in [3.05, 3.63) is 36.2 Å². The van der Waals surface area contributed by atoms with E-state index in [0.29, 0.717) is 11.7 Å². The molecule has 0 spiro atoms. The fourth-order valence-electron chi connectivity index (χ4n) is 1.79. The van der Waals surface area contributed by atoms with E-state index in [9.17, 15) is 8.42 Å². The van der Waals surface area contributed by atoms with Crippen LogP contribution in [-0.2, 0) is 10.0 Å². The molecule has 1 atom stereocenters. The SMILES string of the molecule is C[C@H](NS(=O)(=O)c1cccnc1)c1nc(C2CC2)no1. The van der Waals surface area contributed by atoms with Crippen LogP contribution in [0.1, 0.15) is 43.4 Å².